The van der Waals surface area contributed by atoms with Crippen LogP contribution in [0.5, 0.6) is 5.75 Å². The summed E-state index contributed by atoms with van der Waals surface area (Å²) < 4.78 is 7.50. The Hall–Kier alpha value is -2.32. The van der Waals surface area contributed by atoms with Gasteiger partial charge in [-0.1, -0.05) is 12.5 Å². The van der Waals surface area contributed by atoms with Crippen molar-refractivity contribution in [1.29, 1.82) is 0 Å². The third-order valence-corrected chi connectivity index (χ3v) is 5.64. The van der Waals surface area contributed by atoms with E-state index in [1.165, 1.54) is 32.4 Å². The number of ether oxygens (including phenoxy) is 1. The van der Waals surface area contributed by atoms with Crippen molar-refractivity contribution in [1.82, 2.24) is 19.8 Å². The van der Waals surface area contributed by atoms with Crippen molar-refractivity contribution in [2.24, 2.45) is 5.73 Å². The van der Waals surface area contributed by atoms with Gasteiger partial charge in [0.2, 0.25) is 5.95 Å². The zero-order chi connectivity index (χ0) is 19.3. The molecule has 0 spiro atoms. The first-order chi connectivity index (χ1) is 13.7. The molecule has 2 aliphatic heterocycles. The van der Waals surface area contributed by atoms with Crippen LogP contribution in [-0.4, -0.2) is 66.4 Å². The van der Waals surface area contributed by atoms with E-state index in [-0.39, 0.29) is 0 Å². The molecule has 3 N–H and O–H groups in total. The first-order valence-electron chi connectivity index (χ1n) is 10.4. The summed E-state index contributed by atoms with van der Waals surface area (Å²) in [6.07, 6.45) is 4.18. The van der Waals surface area contributed by atoms with Crippen molar-refractivity contribution < 1.29 is 9.53 Å². The highest BCUT2D eigenvalue weighted by molar-refractivity contribution is 5.87. The molecule has 28 heavy (non-hydrogen) atoms. The SMILES string of the molecule is NC(=O)Oc1cccc2c1nc(N1CCCNCC1)n2CCN1CCCCC1. The fraction of sp³-hybridized carbons (Fsp3) is 0.600. The van der Waals surface area contributed by atoms with Crippen LogP contribution < -0.4 is 20.7 Å². The molecule has 1 amide bonds. The lowest BCUT2D eigenvalue weighted by atomic mass is 10.1. The number of fused-ring (bicyclic) bond motifs is 1. The van der Waals surface area contributed by atoms with Gasteiger partial charge in [-0.05, 0) is 51.0 Å². The van der Waals surface area contributed by atoms with Crippen molar-refractivity contribution in [3.8, 4) is 5.75 Å². The first-order valence-corrected chi connectivity index (χ1v) is 10.4. The van der Waals surface area contributed by atoms with Crippen molar-refractivity contribution in [2.75, 3.05) is 50.7 Å². The third kappa shape index (κ3) is 4.23. The molecule has 1 aromatic carbocycles. The number of imidazole rings is 1. The van der Waals surface area contributed by atoms with E-state index in [1.807, 2.05) is 12.1 Å². The zero-order valence-electron chi connectivity index (χ0n) is 16.4. The maximum Gasteiger partial charge on any atom is 0.410 e. The van der Waals surface area contributed by atoms with Gasteiger partial charge in [-0.15, -0.1) is 0 Å². The predicted octanol–water partition coefficient (Wildman–Crippen LogP) is 1.78. The Labute approximate surface area is 165 Å². The number of anilines is 1. The van der Waals surface area contributed by atoms with Crippen LogP contribution in [-0.2, 0) is 6.54 Å². The quantitative estimate of drug-likeness (QED) is 0.814. The van der Waals surface area contributed by atoms with Gasteiger partial charge in [0.05, 0.1) is 5.52 Å². The molecular weight excluding hydrogens is 356 g/mol. The van der Waals surface area contributed by atoms with Gasteiger partial charge in [0, 0.05) is 32.7 Å². The minimum atomic E-state index is -0.809. The number of benzene rings is 1. The van der Waals surface area contributed by atoms with Gasteiger partial charge in [0.15, 0.2) is 5.75 Å². The molecule has 4 rings (SSSR count). The van der Waals surface area contributed by atoms with E-state index in [0.717, 1.165) is 57.2 Å². The average Bonchev–Trinajstić information content (AvgIpc) is 2.87. The van der Waals surface area contributed by atoms with E-state index in [9.17, 15) is 4.79 Å². The standard InChI is InChI=1S/C20H30N6O2/c21-19(27)28-17-7-4-6-16-18(17)23-20(25-12-5-8-22-9-13-25)26(16)15-14-24-10-2-1-3-11-24/h4,6-7,22H,1-3,5,8-15H2,(H2,21,27). The predicted molar refractivity (Wildman–Crippen MR) is 110 cm³/mol. The molecule has 2 aromatic rings. The second kappa shape index (κ2) is 8.79. The molecule has 0 radical (unpaired) electrons. The number of amides is 1. The largest absolute Gasteiger partial charge is 0.410 e. The fourth-order valence-electron chi connectivity index (χ4n) is 4.23. The van der Waals surface area contributed by atoms with Crippen LogP contribution in [0, 0.1) is 0 Å². The summed E-state index contributed by atoms with van der Waals surface area (Å²) in [5, 5.41) is 3.45. The molecule has 152 valence electrons. The van der Waals surface area contributed by atoms with Crippen LogP contribution in [0.25, 0.3) is 11.0 Å². The topological polar surface area (TPSA) is 88.6 Å². The highest BCUT2D eigenvalue weighted by Crippen LogP contribution is 2.30. The first kappa shape index (κ1) is 19.0. The molecule has 2 fully saturated rings. The van der Waals surface area contributed by atoms with Gasteiger partial charge in [-0.3, -0.25) is 0 Å². The summed E-state index contributed by atoms with van der Waals surface area (Å²) in [5.74, 6) is 1.38. The van der Waals surface area contributed by atoms with Crippen molar-refractivity contribution in [2.45, 2.75) is 32.2 Å². The second-order valence-electron chi connectivity index (χ2n) is 7.60. The van der Waals surface area contributed by atoms with E-state index in [1.54, 1.807) is 6.07 Å². The zero-order valence-corrected chi connectivity index (χ0v) is 16.4. The Morgan fingerprint density at radius 3 is 2.75 bits per heavy atom. The second-order valence-corrected chi connectivity index (χ2v) is 7.60. The average molecular weight is 387 g/mol. The summed E-state index contributed by atoms with van der Waals surface area (Å²) >= 11 is 0. The molecule has 0 saturated carbocycles. The van der Waals surface area contributed by atoms with Gasteiger partial charge in [-0.2, -0.15) is 0 Å². The summed E-state index contributed by atoms with van der Waals surface area (Å²) in [6.45, 7) is 8.07. The van der Waals surface area contributed by atoms with Crippen molar-refractivity contribution in [3.63, 3.8) is 0 Å². The van der Waals surface area contributed by atoms with Crippen LogP contribution >= 0.6 is 0 Å². The number of likely N-dealkylation sites (tertiary alicyclic amines) is 1. The van der Waals surface area contributed by atoms with Crippen molar-refractivity contribution >= 4 is 23.1 Å². The Morgan fingerprint density at radius 1 is 1.07 bits per heavy atom. The van der Waals surface area contributed by atoms with Gasteiger partial charge >= 0.3 is 6.09 Å². The monoisotopic (exact) mass is 386 g/mol. The van der Waals surface area contributed by atoms with Crippen LogP contribution in [0.2, 0.25) is 0 Å². The number of hydrogen-bond donors (Lipinski definition) is 2. The fourth-order valence-corrected chi connectivity index (χ4v) is 4.23. The van der Waals surface area contributed by atoms with E-state index >= 15 is 0 Å². The minimum Gasteiger partial charge on any atom is -0.408 e. The number of carbonyl (C=O) groups is 1. The Morgan fingerprint density at radius 2 is 1.93 bits per heavy atom. The Kier molecular flexibility index (Phi) is 5.97. The van der Waals surface area contributed by atoms with Gasteiger partial charge in [0.25, 0.3) is 0 Å². The summed E-state index contributed by atoms with van der Waals surface area (Å²) in [7, 11) is 0. The molecule has 1 aromatic heterocycles. The summed E-state index contributed by atoms with van der Waals surface area (Å²) in [4.78, 5) is 21.1. The van der Waals surface area contributed by atoms with E-state index < -0.39 is 6.09 Å². The van der Waals surface area contributed by atoms with Crippen LogP contribution in [0.1, 0.15) is 25.7 Å². The van der Waals surface area contributed by atoms with Crippen LogP contribution in [0.4, 0.5) is 10.7 Å². The molecule has 2 saturated heterocycles. The Bertz CT molecular complexity index is 806. The molecule has 0 atom stereocenters. The van der Waals surface area contributed by atoms with Gasteiger partial charge in [0.1, 0.15) is 5.52 Å². The number of rotatable bonds is 5. The number of nitrogens with one attached hydrogen (secondary N) is 1. The lowest BCUT2D eigenvalue weighted by Gasteiger charge is -2.28. The number of carbonyl (C=O) groups excluding carboxylic acids is 1. The van der Waals surface area contributed by atoms with E-state index in [0.29, 0.717) is 11.3 Å². The normalized spacial score (nSPS) is 18.9. The smallest absolute Gasteiger partial charge is 0.408 e. The summed E-state index contributed by atoms with van der Waals surface area (Å²) in [5.41, 5.74) is 6.95. The number of nitrogens with two attached hydrogens (primary N) is 1. The van der Waals surface area contributed by atoms with E-state index in [2.05, 4.69) is 19.7 Å². The molecule has 8 heteroatoms. The van der Waals surface area contributed by atoms with E-state index in [4.69, 9.17) is 15.5 Å². The highest BCUT2D eigenvalue weighted by Gasteiger charge is 2.21. The number of piperidine rings is 1. The number of aromatic nitrogens is 2. The minimum absolute atomic E-state index is 0.427. The number of primary amides is 1. The number of para-hydroxylation sites is 1. The third-order valence-electron chi connectivity index (χ3n) is 5.64. The molecule has 0 bridgehead atoms. The Balaban J connectivity index is 1.68. The molecular formula is C20H30N6O2. The molecule has 2 aliphatic rings. The molecule has 8 nitrogen and oxygen atoms in total. The maximum atomic E-state index is 11.3. The lowest BCUT2D eigenvalue weighted by molar-refractivity contribution is 0.211. The van der Waals surface area contributed by atoms with Crippen LogP contribution in [0.15, 0.2) is 18.2 Å². The van der Waals surface area contributed by atoms with Crippen molar-refractivity contribution in [3.05, 3.63) is 18.2 Å². The molecule has 3 heterocycles. The highest BCUT2D eigenvalue weighted by atomic mass is 16.5. The summed E-state index contributed by atoms with van der Waals surface area (Å²) in [6, 6.07) is 5.70. The lowest BCUT2D eigenvalue weighted by Crippen LogP contribution is -2.34. The van der Waals surface area contributed by atoms with Gasteiger partial charge < -0.3 is 30.2 Å². The number of nitrogens with zero attached hydrogens (tertiary/aromatic N) is 4. The number of hydrogen-bond acceptors (Lipinski definition) is 6. The molecule has 0 unspecified atom stereocenters. The maximum absolute atomic E-state index is 11.3. The molecule has 0 aliphatic carbocycles. The van der Waals surface area contributed by atoms with Gasteiger partial charge in [-0.25, -0.2) is 9.78 Å². The van der Waals surface area contributed by atoms with Crippen LogP contribution in [0.3, 0.4) is 0 Å².